The zero-order valence-corrected chi connectivity index (χ0v) is 21.3. The summed E-state index contributed by atoms with van der Waals surface area (Å²) in [6.07, 6.45) is -0.412. The normalized spacial score (nSPS) is 14.5. The van der Waals surface area contributed by atoms with Gasteiger partial charge in [-0.1, -0.05) is 19.1 Å². The fourth-order valence-corrected chi connectivity index (χ4v) is 4.96. The molecular formula is C29H27F4N5O. The van der Waals surface area contributed by atoms with E-state index in [0.717, 1.165) is 43.6 Å². The van der Waals surface area contributed by atoms with Gasteiger partial charge in [0.2, 0.25) is 0 Å². The number of rotatable bonds is 6. The highest BCUT2D eigenvalue weighted by molar-refractivity contribution is 6.11. The summed E-state index contributed by atoms with van der Waals surface area (Å²) in [4.78, 5) is 19.0. The minimum atomic E-state index is -4.53. The van der Waals surface area contributed by atoms with Crippen LogP contribution in [0.1, 0.15) is 53.4 Å². The molecule has 6 nitrogen and oxygen atoms in total. The van der Waals surface area contributed by atoms with Crippen molar-refractivity contribution in [2.45, 2.75) is 38.9 Å². The van der Waals surface area contributed by atoms with Crippen molar-refractivity contribution in [3.8, 4) is 11.1 Å². The van der Waals surface area contributed by atoms with Crippen LogP contribution in [0.4, 0.5) is 23.4 Å². The van der Waals surface area contributed by atoms with Crippen molar-refractivity contribution in [1.29, 1.82) is 0 Å². The molecule has 0 aliphatic carbocycles. The Morgan fingerprint density at radius 2 is 1.87 bits per heavy atom. The topological polar surface area (TPSA) is 73.9 Å². The quantitative estimate of drug-likeness (QED) is 0.259. The van der Waals surface area contributed by atoms with Crippen LogP contribution in [-0.2, 0) is 12.7 Å². The highest BCUT2D eigenvalue weighted by Gasteiger charge is 2.30. The van der Waals surface area contributed by atoms with E-state index in [0.29, 0.717) is 45.9 Å². The fourth-order valence-electron chi connectivity index (χ4n) is 4.96. The van der Waals surface area contributed by atoms with Crippen LogP contribution in [-0.4, -0.2) is 39.1 Å². The number of pyridine rings is 1. The summed E-state index contributed by atoms with van der Waals surface area (Å²) in [6, 6.07) is 10.8. The third-order valence-electron chi connectivity index (χ3n) is 6.85. The van der Waals surface area contributed by atoms with E-state index < -0.39 is 17.6 Å². The number of alkyl halides is 3. The highest BCUT2D eigenvalue weighted by Crippen LogP contribution is 2.35. The van der Waals surface area contributed by atoms with Crippen LogP contribution in [0.25, 0.3) is 27.6 Å². The smallest absolute Gasteiger partial charge is 0.305 e. The second-order valence-electron chi connectivity index (χ2n) is 9.83. The summed E-state index contributed by atoms with van der Waals surface area (Å²) in [5.74, 6) is -1.04. The van der Waals surface area contributed by atoms with Crippen LogP contribution in [0.15, 0.2) is 55.2 Å². The van der Waals surface area contributed by atoms with E-state index >= 15 is 4.39 Å². The van der Waals surface area contributed by atoms with Crippen LogP contribution in [0.5, 0.6) is 0 Å². The number of anilines is 1. The van der Waals surface area contributed by atoms with E-state index in [1.807, 2.05) is 12.1 Å². The molecule has 0 spiro atoms. The minimum absolute atomic E-state index is 0.0374. The Morgan fingerprint density at radius 3 is 2.54 bits per heavy atom. The van der Waals surface area contributed by atoms with Gasteiger partial charge < -0.3 is 5.32 Å². The van der Waals surface area contributed by atoms with Crippen molar-refractivity contribution in [2.75, 3.05) is 18.4 Å². The Kier molecular flexibility index (Phi) is 7.22. The summed E-state index contributed by atoms with van der Waals surface area (Å²) in [5, 5.41) is 9.87. The van der Waals surface area contributed by atoms with Crippen molar-refractivity contribution in [3.05, 3.63) is 83.4 Å². The lowest BCUT2D eigenvalue weighted by Crippen LogP contribution is -2.29. The first-order valence-corrected chi connectivity index (χ1v) is 12.6. The monoisotopic (exact) mass is 537 g/mol. The average Bonchev–Trinajstić information content (AvgIpc) is 3.32. The molecule has 39 heavy (non-hydrogen) atoms. The fraction of sp³-hybridized carbons (Fsp3) is 0.276. The van der Waals surface area contributed by atoms with Crippen LogP contribution in [0.3, 0.4) is 0 Å². The Labute approximate surface area is 222 Å². The number of fused-ring (bicyclic) bond motifs is 1. The van der Waals surface area contributed by atoms with Gasteiger partial charge in [-0.3, -0.25) is 14.8 Å². The van der Waals surface area contributed by atoms with Gasteiger partial charge in [0.15, 0.2) is 5.69 Å². The number of benzene rings is 2. The summed E-state index contributed by atoms with van der Waals surface area (Å²) in [6.45, 7) is 8.32. The summed E-state index contributed by atoms with van der Waals surface area (Å²) in [7, 11) is 0. The standard InChI is InChI=1S/C29H27F4N5O/c1-17(2)26-21(12-18(13-23(26)30)16-38-10-4-3-5-11-38)19-6-8-24-22(14-19)27(37-36-24)28(39)35-25-9-7-20(15-34-25)29(31,32)33/h6-9,12-15H,1,3-5,10-11,16H2,2H3,(H,36,37)(H,34,35,39). The number of nitrogens with one attached hydrogen (secondary N) is 2. The molecule has 2 N–H and O–H groups in total. The van der Waals surface area contributed by atoms with Gasteiger partial charge in [0.25, 0.3) is 5.91 Å². The predicted octanol–water partition coefficient (Wildman–Crippen LogP) is 7.05. The number of carbonyl (C=O) groups excluding carboxylic acids is 1. The Hall–Kier alpha value is -4.05. The lowest BCUT2D eigenvalue weighted by atomic mass is 9.92. The molecule has 0 bridgehead atoms. The zero-order valence-electron chi connectivity index (χ0n) is 21.3. The van der Waals surface area contributed by atoms with Gasteiger partial charge in [-0.25, -0.2) is 9.37 Å². The molecule has 0 unspecified atom stereocenters. The maximum absolute atomic E-state index is 15.4. The SMILES string of the molecule is C=C(C)c1c(F)cc(CN2CCCCC2)cc1-c1ccc2[nH]nc(C(=O)Nc3ccc(C(F)(F)F)cn3)c2c1. The van der Waals surface area contributed by atoms with E-state index in [2.05, 4.69) is 32.0 Å². The third kappa shape index (κ3) is 5.70. The van der Waals surface area contributed by atoms with Gasteiger partial charge in [0.1, 0.15) is 11.6 Å². The van der Waals surface area contributed by atoms with Gasteiger partial charge >= 0.3 is 6.18 Å². The molecule has 0 radical (unpaired) electrons. The van der Waals surface area contributed by atoms with Crippen molar-refractivity contribution in [3.63, 3.8) is 0 Å². The second kappa shape index (κ2) is 10.6. The predicted molar refractivity (Wildman–Crippen MR) is 143 cm³/mol. The molecule has 1 fully saturated rings. The van der Waals surface area contributed by atoms with E-state index in [-0.39, 0.29) is 17.3 Å². The molecule has 2 aromatic heterocycles. The average molecular weight is 538 g/mol. The van der Waals surface area contributed by atoms with Crippen molar-refractivity contribution >= 4 is 28.2 Å². The molecule has 5 rings (SSSR count). The molecule has 1 amide bonds. The number of hydrogen-bond donors (Lipinski definition) is 2. The number of carbonyl (C=O) groups is 1. The lowest BCUT2D eigenvalue weighted by Gasteiger charge is -2.27. The first-order valence-electron chi connectivity index (χ1n) is 12.6. The van der Waals surface area contributed by atoms with Gasteiger partial charge in [-0.2, -0.15) is 18.3 Å². The molecule has 1 aliphatic rings. The molecule has 10 heteroatoms. The van der Waals surface area contributed by atoms with Crippen LogP contribution in [0, 0.1) is 5.82 Å². The van der Waals surface area contributed by atoms with Gasteiger partial charge in [-0.15, -0.1) is 0 Å². The van der Waals surface area contributed by atoms with Crippen LogP contribution < -0.4 is 5.32 Å². The molecule has 1 saturated heterocycles. The summed E-state index contributed by atoms with van der Waals surface area (Å²) < 4.78 is 53.9. The molecule has 202 valence electrons. The number of aromatic nitrogens is 3. The maximum atomic E-state index is 15.4. The Balaban J connectivity index is 1.48. The van der Waals surface area contributed by atoms with Gasteiger partial charge in [-0.05, 0) is 91.5 Å². The van der Waals surface area contributed by atoms with Crippen molar-refractivity contribution < 1.29 is 22.4 Å². The number of hydrogen-bond acceptors (Lipinski definition) is 4. The van der Waals surface area contributed by atoms with Crippen molar-refractivity contribution in [1.82, 2.24) is 20.1 Å². The van der Waals surface area contributed by atoms with E-state index in [9.17, 15) is 18.0 Å². The largest absolute Gasteiger partial charge is 0.417 e. The molecule has 0 saturated carbocycles. The first-order chi connectivity index (χ1) is 18.6. The van der Waals surface area contributed by atoms with Crippen LogP contribution >= 0.6 is 0 Å². The van der Waals surface area contributed by atoms with Crippen LogP contribution in [0.2, 0.25) is 0 Å². The molecule has 3 heterocycles. The molecule has 4 aromatic rings. The summed E-state index contributed by atoms with van der Waals surface area (Å²) in [5.41, 5.74) is 2.87. The molecule has 2 aromatic carbocycles. The number of piperidine rings is 1. The molecule has 0 atom stereocenters. The first kappa shape index (κ1) is 26.6. The number of allylic oxidation sites excluding steroid dienone is 1. The zero-order chi connectivity index (χ0) is 27.7. The van der Waals surface area contributed by atoms with Gasteiger partial charge in [0.05, 0.1) is 11.1 Å². The number of likely N-dealkylation sites (tertiary alicyclic amines) is 1. The highest BCUT2D eigenvalue weighted by atomic mass is 19.4. The van der Waals surface area contributed by atoms with Crippen molar-refractivity contribution in [2.24, 2.45) is 0 Å². The van der Waals surface area contributed by atoms with E-state index in [1.54, 1.807) is 25.1 Å². The minimum Gasteiger partial charge on any atom is -0.305 e. The van der Waals surface area contributed by atoms with E-state index in [4.69, 9.17) is 0 Å². The summed E-state index contributed by atoms with van der Waals surface area (Å²) >= 11 is 0. The Bertz CT molecular complexity index is 1540. The number of nitrogens with zero attached hydrogens (tertiary/aromatic N) is 3. The van der Waals surface area contributed by atoms with Gasteiger partial charge in [0, 0.05) is 23.7 Å². The maximum Gasteiger partial charge on any atom is 0.417 e. The second-order valence-corrected chi connectivity index (χ2v) is 9.83. The number of H-pyrrole nitrogens is 1. The Morgan fingerprint density at radius 1 is 1.10 bits per heavy atom. The lowest BCUT2D eigenvalue weighted by molar-refractivity contribution is -0.137. The van der Waals surface area contributed by atoms with E-state index in [1.165, 1.54) is 6.42 Å². The molecule has 1 aliphatic heterocycles. The molecular weight excluding hydrogens is 510 g/mol. The number of halogens is 4. The number of aromatic amines is 1. The third-order valence-corrected chi connectivity index (χ3v) is 6.85. The number of amides is 1.